The molecule has 2 rings (SSSR count). The predicted octanol–water partition coefficient (Wildman–Crippen LogP) is 5.20. The van der Waals surface area contributed by atoms with Crippen molar-refractivity contribution in [3.8, 4) is 0 Å². The molecule has 0 N–H and O–H groups in total. The molecule has 0 saturated heterocycles. The Balaban J connectivity index is 2.46. The number of anilines is 2. The van der Waals surface area contributed by atoms with Gasteiger partial charge in [-0.05, 0) is 36.8 Å². The van der Waals surface area contributed by atoms with Gasteiger partial charge in [-0.1, -0.05) is 47.5 Å². The average molecular weight is 332 g/mol. The van der Waals surface area contributed by atoms with E-state index in [0.717, 1.165) is 41.5 Å². The highest BCUT2D eigenvalue weighted by Gasteiger charge is 2.13. The van der Waals surface area contributed by atoms with E-state index in [1.165, 1.54) is 0 Å². The van der Waals surface area contributed by atoms with E-state index in [-0.39, 0.29) is 0 Å². The van der Waals surface area contributed by atoms with E-state index < -0.39 is 0 Å². The molecule has 3 heteroatoms. The van der Waals surface area contributed by atoms with Crippen molar-refractivity contribution in [2.45, 2.75) is 19.8 Å². The fourth-order valence-electron chi connectivity index (χ4n) is 2.16. The normalized spacial score (nSPS) is 10.3. The molecule has 0 aliphatic heterocycles. The van der Waals surface area contributed by atoms with Gasteiger partial charge < -0.3 is 4.90 Å². The number of carbonyl (C=O) groups excluding carboxylic acids is 1. The van der Waals surface area contributed by atoms with Crippen LogP contribution in [0, 0.1) is 0 Å². The van der Waals surface area contributed by atoms with Crippen molar-refractivity contribution in [2.24, 2.45) is 0 Å². The second kappa shape index (κ2) is 7.25. The lowest BCUT2D eigenvalue weighted by Gasteiger charge is -2.26. The zero-order chi connectivity index (χ0) is 14.4. The third-order valence-corrected chi connectivity index (χ3v) is 3.71. The summed E-state index contributed by atoms with van der Waals surface area (Å²) in [6, 6.07) is 16.0. The van der Waals surface area contributed by atoms with Gasteiger partial charge in [-0.3, -0.25) is 4.79 Å². The molecule has 104 valence electrons. The maximum Gasteiger partial charge on any atom is 0.152 e. The molecule has 0 fully saturated rings. The van der Waals surface area contributed by atoms with Crippen LogP contribution in [0.1, 0.15) is 30.1 Å². The van der Waals surface area contributed by atoms with Gasteiger partial charge in [0.15, 0.2) is 6.29 Å². The topological polar surface area (TPSA) is 20.3 Å². The molecule has 0 amide bonds. The van der Waals surface area contributed by atoms with E-state index in [1.54, 1.807) is 0 Å². The number of aldehydes is 1. The standard InChI is InChI=1S/C17H18BrNO/c1-2-3-11-19(16-7-5-4-6-8-16)17-12-15(18)10-9-14(17)13-20/h4-10,12-13H,2-3,11H2,1H3. The molecule has 0 atom stereocenters. The molecule has 20 heavy (non-hydrogen) atoms. The van der Waals surface area contributed by atoms with E-state index in [4.69, 9.17) is 0 Å². The van der Waals surface area contributed by atoms with Crippen LogP contribution in [0.2, 0.25) is 0 Å². The summed E-state index contributed by atoms with van der Waals surface area (Å²) in [7, 11) is 0. The zero-order valence-corrected chi connectivity index (χ0v) is 13.1. The van der Waals surface area contributed by atoms with Crippen LogP contribution in [0.3, 0.4) is 0 Å². The molecule has 0 unspecified atom stereocenters. The minimum Gasteiger partial charge on any atom is -0.341 e. The lowest BCUT2D eigenvalue weighted by atomic mass is 10.1. The van der Waals surface area contributed by atoms with Crippen molar-refractivity contribution < 1.29 is 4.79 Å². The minimum absolute atomic E-state index is 0.716. The van der Waals surface area contributed by atoms with Crippen molar-refractivity contribution in [1.29, 1.82) is 0 Å². The van der Waals surface area contributed by atoms with Crippen molar-refractivity contribution in [3.63, 3.8) is 0 Å². The van der Waals surface area contributed by atoms with E-state index in [2.05, 4.69) is 39.9 Å². The largest absolute Gasteiger partial charge is 0.341 e. The predicted molar refractivity (Wildman–Crippen MR) is 87.9 cm³/mol. The number of carbonyl (C=O) groups is 1. The number of para-hydroxylation sites is 1. The van der Waals surface area contributed by atoms with E-state index >= 15 is 0 Å². The third-order valence-electron chi connectivity index (χ3n) is 3.21. The number of halogens is 1. The number of hydrogen-bond acceptors (Lipinski definition) is 2. The molecule has 0 radical (unpaired) electrons. The Morgan fingerprint density at radius 1 is 1.15 bits per heavy atom. The van der Waals surface area contributed by atoms with Gasteiger partial charge in [-0.25, -0.2) is 0 Å². The first-order chi connectivity index (χ1) is 9.76. The average Bonchev–Trinajstić information content (AvgIpc) is 2.49. The molecular formula is C17H18BrNO. The first-order valence-electron chi connectivity index (χ1n) is 6.83. The molecule has 0 aliphatic carbocycles. The summed E-state index contributed by atoms with van der Waals surface area (Å²) in [4.78, 5) is 13.5. The number of nitrogens with zero attached hydrogens (tertiary/aromatic N) is 1. The highest BCUT2D eigenvalue weighted by molar-refractivity contribution is 9.10. The second-order valence-corrected chi connectivity index (χ2v) is 5.58. The van der Waals surface area contributed by atoms with E-state index in [9.17, 15) is 4.79 Å². The monoisotopic (exact) mass is 331 g/mol. The molecule has 2 nitrogen and oxygen atoms in total. The van der Waals surface area contributed by atoms with Crippen LogP contribution in [0.4, 0.5) is 11.4 Å². The summed E-state index contributed by atoms with van der Waals surface area (Å²) in [5.74, 6) is 0. The summed E-state index contributed by atoms with van der Waals surface area (Å²) in [6.07, 6.45) is 3.12. The Morgan fingerprint density at radius 3 is 2.55 bits per heavy atom. The molecule has 0 saturated carbocycles. The molecular weight excluding hydrogens is 314 g/mol. The smallest absolute Gasteiger partial charge is 0.152 e. The van der Waals surface area contributed by atoms with Gasteiger partial charge in [-0.2, -0.15) is 0 Å². The maximum atomic E-state index is 11.3. The Bertz CT molecular complexity index is 568. The third kappa shape index (κ3) is 3.48. The molecule has 0 spiro atoms. The van der Waals surface area contributed by atoms with Crippen LogP contribution < -0.4 is 4.90 Å². The summed E-state index contributed by atoms with van der Waals surface area (Å²) < 4.78 is 0.982. The second-order valence-electron chi connectivity index (χ2n) is 4.66. The Morgan fingerprint density at radius 2 is 1.90 bits per heavy atom. The van der Waals surface area contributed by atoms with Crippen LogP contribution in [0.5, 0.6) is 0 Å². The summed E-state index contributed by atoms with van der Waals surface area (Å²) in [5, 5.41) is 0. The molecule has 2 aromatic carbocycles. The van der Waals surface area contributed by atoms with Crippen LogP contribution in [0.25, 0.3) is 0 Å². The highest BCUT2D eigenvalue weighted by Crippen LogP contribution is 2.30. The van der Waals surface area contributed by atoms with Gasteiger partial charge in [0.2, 0.25) is 0 Å². The Labute approximate surface area is 128 Å². The van der Waals surface area contributed by atoms with Crippen LogP contribution >= 0.6 is 15.9 Å². The summed E-state index contributed by atoms with van der Waals surface area (Å²) in [6.45, 7) is 3.07. The molecule has 0 aliphatic rings. The van der Waals surface area contributed by atoms with Gasteiger partial charge in [0.1, 0.15) is 0 Å². The molecule has 0 bridgehead atoms. The first-order valence-corrected chi connectivity index (χ1v) is 7.63. The molecule has 0 aromatic heterocycles. The molecule has 0 heterocycles. The van der Waals surface area contributed by atoms with Gasteiger partial charge in [0, 0.05) is 22.3 Å². The Hall–Kier alpha value is -1.61. The van der Waals surface area contributed by atoms with E-state index in [1.807, 2.05) is 36.4 Å². The fourth-order valence-corrected chi connectivity index (χ4v) is 2.51. The highest BCUT2D eigenvalue weighted by atomic mass is 79.9. The lowest BCUT2D eigenvalue weighted by molar-refractivity contribution is 0.112. The van der Waals surface area contributed by atoms with Crippen LogP contribution in [0.15, 0.2) is 53.0 Å². The van der Waals surface area contributed by atoms with Gasteiger partial charge >= 0.3 is 0 Å². The molecule has 2 aromatic rings. The number of benzene rings is 2. The first kappa shape index (κ1) is 14.8. The zero-order valence-electron chi connectivity index (χ0n) is 11.6. The van der Waals surface area contributed by atoms with Crippen molar-refractivity contribution in [1.82, 2.24) is 0 Å². The Kier molecular flexibility index (Phi) is 5.36. The number of unbranched alkanes of at least 4 members (excludes halogenated alkanes) is 1. The van der Waals surface area contributed by atoms with Gasteiger partial charge in [0.25, 0.3) is 0 Å². The van der Waals surface area contributed by atoms with Gasteiger partial charge in [0.05, 0.1) is 5.69 Å². The quantitative estimate of drug-likeness (QED) is 0.678. The minimum atomic E-state index is 0.716. The number of rotatable bonds is 6. The van der Waals surface area contributed by atoms with Crippen LogP contribution in [-0.2, 0) is 0 Å². The maximum absolute atomic E-state index is 11.3. The van der Waals surface area contributed by atoms with Gasteiger partial charge in [-0.15, -0.1) is 0 Å². The fraction of sp³-hybridized carbons (Fsp3) is 0.235. The summed E-state index contributed by atoms with van der Waals surface area (Å²) in [5.41, 5.74) is 2.78. The SMILES string of the molecule is CCCCN(c1ccccc1)c1cc(Br)ccc1C=O. The number of hydrogen-bond donors (Lipinski definition) is 0. The van der Waals surface area contributed by atoms with E-state index in [0.29, 0.717) is 5.56 Å². The van der Waals surface area contributed by atoms with Crippen molar-refractivity contribution in [2.75, 3.05) is 11.4 Å². The van der Waals surface area contributed by atoms with Crippen LogP contribution in [-0.4, -0.2) is 12.8 Å². The van der Waals surface area contributed by atoms with Crippen molar-refractivity contribution in [3.05, 3.63) is 58.6 Å². The van der Waals surface area contributed by atoms with Crippen molar-refractivity contribution >= 4 is 33.6 Å². The lowest BCUT2D eigenvalue weighted by Crippen LogP contribution is -2.19. The summed E-state index contributed by atoms with van der Waals surface area (Å²) >= 11 is 3.49.